The van der Waals surface area contributed by atoms with E-state index >= 15 is 0 Å². The Balaban J connectivity index is 1.76. The molecule has 0 bridgehead atoms. The van der Waals surface area contributed by atoms with Crippen molar-refractivity contribution < 1.29 is 9.90 Å². The normalized spacial score (nSPS) is 27.1. The van der Waals surface area contributed by atoms with Crippen molar-refractivity contribution in [2.75, 3.05) is 11.5 Å². The van der Waals surface area contributed by atoms with Crippen molar-refractivity contribution in [1.29, 1.82) is 0 Å². The molecule has 3 heterocycles. The lowest BCUT2D eigenvalue weighted by atomic mass is 9.99. The van der Waals surface area contributed by atoms with Crippen LogP contribution in [0.25, 0.3) is 0 Å². The van der Waals surface area contributed by atoms with Crippen LogP contribution in [0.5, 0.6) is 0 Å². The summed E-state index contributed by atoms with van der Waals surface area (Å²) in [5.41, 5.74) is 0. The summed E-state index contributed by atoms with van der Waals surface area (Å²) in [6.45, 7) is 0.548. The molecular formula is C12H17N3O2S. The molecule has 6 heteroatoms. The van der Waals surface area contributed by atoms with E-state index in [0.717, 1.165) is 24.5 Å². The van der Waals surface area contributed by atoms with Gasteiger partial charge in [0.2, 0.25) is 0 Å². The molecule has 2 atom stereocenters. The molecule has 5 nitrogen and oxygen atoms in total. The second kappa shape index (κ2) is 4.91. The zero-order chi connectivity index (χ0) is 12.5. The van der Waals surface area contributed by atoms with E-state index in [9.17, 15) is 4.79 Å². The van der Waals surface area contributed by atoms with Crippen molar-refractivity contribution in [3.05, 3.63) is 11.6 Å². The van der Waals surface area contributed by atoms with Crippen LogP contribution in [0.3, 0.4) is 0 Å². The number of aliphatic carboxylic acids is 1. The van der Waals surface area contributed by atoms with Crippen LogP contribution in [-0.2, 0) is 24.2 Å². The average Bonchev–Trinajstić information content (AvgIpc) is 2.99. The summed E-state index contributed by atoms with van der Waals surface area (Å²) in [6, 6.07) is 0. The zero-order valence-electron chi connectivity index (χ0n) is 10.2. The van der Waals surface area contributed by atoms with E-state index in [0.29, 0.717) is 18.9 Å². The van der Waals surface area contributed by atoms with E-state index in [-0.39, 0.29) is 5.92 Å². The van der Waals surface area contributed by atoms with Gasteiger partial charge in [0.15, 0.2) is 0 Å². The Morgan fingerprint density at radius 3 is 3.06 bits per heavy atom. The Morgan fingerprint density at radius 2 is 2.33 bits per heavy atom. The quantitative estimate of drug-likeness (QED) is 0.892. The number of carbonyl (C=O) groups is 1. The Hall–Kier alpha value is -1.04. The maximum atomic E-state index is 11.1. The largest absolute Gasteiger partial charge is 0.481 e. The van der Waals surface area contributed by atoms with Crippen LogP contribution in [0.15, 0.2) is 0 Å². The first-order chi connectivity index (χ1) is 8.74. The van der Waals surface area contributed by atoms with Gasteiger partial charge in [-0.05, 0) is 30.3 Å². The molecule has 0 radical (unpaired) electrons. The number of fused-ring (bicyclic) bond motifs is 1. The molecular weight excluding hydrogens is 250 g/mol. The van der Waals surface area contributed by atoms with Gasteiger partial charge in [-0.1, -0.05) is 0 Å². The van der Waals surface area contributed by atoms with Crippen molar-refractivity contribution >= 4 is 17.7 Å². The van der Waals surface area contributed by atoms with Crippen LogP contribution < -0.4 is 0 Å². The third kappa shape index (κ3) is 2.25. The van der Waals surface area contributed by atoms with E-state index < -0.39 is 5.97 Å². The second-order valence-corrected chi connectivity index (χ2v) is 6.30. The smallest absolute Gasteiger partial charge is 0.308 e. The van der Waals surface area contributed by atoms with Crippen molar-refractivity contribution in [3.8, 4) is 0 Å². The van der Waals surface area contributed by atoms with E-state index in [2.05, 4.69) is 10.2 Å². The summed E-state index contributed by atoms with van der Waals surface area (Å²) in [5, 5.41) is 17.6. The molecule has 3 rings (SSSR count). The molecule has 0 amide bonds. The van der Waals surface area contributed by atoms with Gasteiger partial charge in [-0.25, -0.2) is 0 Å². The van der Waals surface area contributed by atoms with Gasteiger partial charge in [0.05, 0.1) is 5.92 Å². The molecule has 1 N–H and O–H groups in total. The minimum atomic E-state index is -0.697. The number of thioether (sulfide) groups is 1. The fourth-order valence-electron chi connectivity index (χ4n) is 2.74. The van der Waals surface area contributed by atoms with Crippen LogP contribution in [0.2, 0.25) is 0 Å². The van der Waals surface area contributed by atoms with E-state index in [4.69, 9.17) is 5.11 Å². The first-order valence-electron chi connectivity index (χ1n) is 6.45. The molecule has 1 saturated heterocycles. The SMILES string of the molecule is O=C(O)C1CCc2nnc(CC3CCSC3)n2C1. The summed E-state index contributed by atoms with van der Waals surface area (Å²) < 4.78 is 2.05. The van der Waals surface area contributed by atoms with Gasteiger partial charge in [0, 0.05) is 19.4 Å². The highest BCUT2D eigenvalue weighted by molar-refractivity contribution is 7.99. The van der Waals surface area contributed by atoms with Gasteiger partial charge < -0.3 is 9.67 Å². The van der Waals surface area contributed by atoms with Gasteiger partial charge in [-0.15, -0.1) is 10.2 Å². The molecule has 1 fully saturated rings. The number of carboxylic acids is 1. The molecule has 1 aromatic heterocycles. The summed E-state index contributed by atoms with van der Waals surface area (Å²) in [6.07, 6.45) is 3.62. The molecule has 0 saturated carbocycles. The molecule has 0 aliphatic carbocycles. The van der Waals surface area contributed by atoms with Gasteiger partial charge in [-0.3, -0.25) is 4.79 Å². The minimum Gasteiger partial charge on any atom is -0.481 e. The molecule has 2 aliphatic rings. The van der Waals surface area contributed by atoms with Crippen molar-refractivity contribution in [1.82, 2.24) is 14.8 Å². The number of hydrogen-bond donors (Lipinski definition) is 1. The van der Waals surface area contributed by atoms with Gasteiger partial charge in [-0.2, -0.15) is 11.8 Å². The number of rotatable bonds is 3. The monoisotopic (exact) mass is 267 g/mol. The number of aryl methyl sites for hydroxylation is 1. The lowest BCUT2D eigenvalue weighted by Crippen LogP contribution is -2.28. The number of hydrogen-bond acceptors (Lipinski definition) is 4. The highest BCUT2D eigenvalue weighted by atomic mass is 32.2. The van der Waals surface area contributed by atoms with E-state index in [1.807, 2.05) is 16.3 Å². The molecule has 1 aromatic rings. The first-order valence-corrected chi connectivity index (χ1v) is 7.61. The maximum Gasteiger partial charge on any atom is 0.308 e. The molecule has 0 aromatic carbocycles. The standard InChI is InChI=1S/C12H17N3O2S/c16-12(17)9-1-2-10-13-14-11(15(10)6-9)5-8-3-4-18-7-8/h8-9H,1-7H2,(H,16,17). The maximum absolute atomic E-state index is 11.1. The van der Waals surface area contributed by atoms with Gasteiger partial charge in [0.1, 0.15) is 11.6 Å². The lowest BCUT2D eigenvalue weighted by Gasteiger charge is -2.21. The van der Waals surface area contributed by atoms with Crippen molar-refractivity contribution in [2.24, 2.45) is 11.8 Å². The Morgan fingerprint density at radius 1 is 1.44 bits per heavy atom. The van der Waals surface area contributed by atoms with Crippen LogP contribution in [0.4, 0.5) is 0 Å². The highest BCUT2D eigenvalue weighted by Crippen LogP contribution is 2.28. The van der Waals surface area contributed by atoms with Gasteiger partial charge in [0.25, 0.3) is 0 Å². The fraction of sp³-hybridized carbons (Fsp3) is 0.750. The summed E-state index contributed by atoms with van der Waals surface area (Å²) in [4.78, 5) is 11.1. The Labute approximate surface area is 110 Å². The first kappa shape index (κ1) is 12.0. The molecule has 2 aliphatic heterocycles. The highest BCUT2D eigenvalue weighted by Gasteiger charge is 2.28. The van der Waals surface area contributed by atoms with Crippen LogP contribution in [0.1, 0.15) is 24.5 Å². The Kier molecular flexibility index (Phi) is 3.28. The number of aromatic nitrogens is 3. The lowest BCUT2D eigenvalue weighted by molar-refractivity contribution is -0.142. The van der Waals surface area contributed by atoms with Crippen LogP contribution >= 0.6 is 11.8 Å². The average molecular weight is 267 g/mol. The molecule has 0 spiro atoms. The topological polar surface area (TPSA) is 68.0 Å². The molecule has 18 heavy (non-hydrogen) atoms. The van der Waals surface area contributed by atoms with Crippen LogP contribution in [0, 0.1) is 11.8 Å². The minimum absolute atomic E-state index is 0.273. The second-order valence-electron chi connectivity index (χ2n) is 5.15. The zero-order valence-corrected chi connectivity index (χ0v) is 11.0. The fourth-order valence-corrected chi connectivity index (χ4v) is 4.02. The third-order valence-electron chi connectivity index (χ3n) is 3.87. The van der Waals surface area contributed by atoms with Crippen LogP contribution in [-0.4, -0.2) is 37.3 Å². The summed E-state index contributed by atoms with van der Waals surface area (Å²) in [7, 11) is 0. The predicted molar refractivity (Wildman–Crippen MR) is 68.6 cm³/mol. The van der Waals surface area contributed by atoms with Crippen molar-refractivity contribution in [2.45, 2.75) is 32.2 Å². The summed E-state index contributed by atoms with van der Waals surface area (Å²) >= 11 is 2.00. The number of carboxylic acid groups (broad SMARTS) is 1. The van der Waals surface area contributed by atoms with Crippen molar-refractivity contribution in [3.63, 3.8) is 0 Å². The van der Waals surface area contributed by atoms with E-state index in [1.54, 1.807) is 0 Å². The van der Waals surface area contributed by atoms with Gasteiger partial charge >= 0.3 is 5.97 Å². The predicted octanol–water partition coefficient (Wildman–Crippen LogP) is 1.22. The Bertz CT molecular complexity index is 454. The summed E-state index contributed by atoms with van der Waals surface area (Å²) in [5.74, 6) is 4.11. The molecule has 2 unspecified atom stereocenters. The number of nitrogens with zero attached hydrogens (tertiary/aromatic N) is 3. The third-order valence-corrected chi connectivity index (χ3v) is 5.10. The van der Waals surface area contributed by atoms with E-state index in [1.165, 1.54) is 17.9 Å². The molecule has 98 valence electrons.